The molecule has 0 saturated heterocycles. The fourth-order valence-corrected chi connectivity index (χ4v) is 3.47. The van der Waals surface area contributed by atoms with Gasteiger partial charge in [-0.2, -0.15) is 5.10 Å². The van der Waals surface area contributed by atoms with Crippen LogP contribution in [0.1, 0.15) is 30.6 Å². The second-order valence-electron chi connectivity index (χ2n) is 4.49. The summed E-state index contributed by atoms with van der Waals surface area (Å²) in [6, 6.07) is 6.31. The third-order valence-electron chi connectivity index (χ3n) is 3.10. The van der Waals surface area contributed by atoms with Gasteiger partial charge in [0.15, 0.2) is 0 Å². The quantitative estimate of drug-likeness (QED) is 0.649. The van der Waals surface area contributed by atoms with Gasteiger partial charge in [-0.25, -0.2) is 0 Å². The van der Waals surface area contributed by atoms with Crippen molar-refractivity contribution in [3.63, 3.8) is 0 Å². The van der Waals surface area contributed by atoms with Gasteiger partial charge in [0.2, 0.25) is 0 Å². The van der Waals surface area contributed by atoms with Crippen molar-refractivity contribution in [1.82, 2.24) is 15.1 Å². The predicted molar refractivity (Wildman–Crippen MR) is 95.3 cm³/mol. The molecule has 0 bridgehead atoms. The van der Waals surface area contributed by atoms with Crippen molar-refractivity contribution in [2.45, 2.75) is 25.9 Å². The minimum atomic E-state index is 0.0145. The Labute approximate surface area is 146 Å². The molecule has 6 heteroatoms. The van der Waals surface area contributed by atoms with Crippen molar-refractivity contribution in [2.75, 3.05) is 7.05 Å². The Kier molecular flexibility index (Phi) is 5.89. The molecule has 1 aromatic carbocycles. The van der Waals surface area contributed by atoms with Gasteiger partial charge in [-0.05, 0) is 59.8 Å². The molecule has 0 fully saturated rings. The molecule has 0 spiro atoms. The van der Waals surface area contributed by atoms with Crippen molar-refractivity contribution in [2.24, 2.45) is 0 Å². The SMILES string of the molecule is CCCn1ncc(Cl)c1C(NC)c1cc(I)ccc1Br. The second kappa shape index (κ2) is 7.24. The molecule has 1 unspecified atom stereocenters. The van der Waals surface area contributed by atoms with Crippen LogP contribution in [0.25, 0.3) is 0 Å². The monoisotopic (exact) mass is 467 g/mol. The van der Waals surface area contributed by atoms with Gasteiger partial charge >= 0.3 is 0 Å². The molecule has 0 saturated carbocycles. The lowest BCUT2D eigenvalue weighted by Crippen LogP contribution is -2.22. The van der Waals surface area contributed by atoms with Gasteiger partial charge in [-0.15, -0.1) is 0 Å². The summed E-state index contributed by atoms with van der Waals surface area (Å²) in [5.41, 5.74) is 2.18. The van der Waals surface area contributed by atoms with E-state index in [1.807, 2.05) is 11.7 Å². The van der Waals surface area contributed by atoms with E-state index >= 15 is 0 Å². The number of rotatable bonds is 5. The van der Waals surface area contributed by atoms with Crippen molar-refractivity contribution < 1.29 is 0 Å². The fraction of sp³-hybridized carbons (Fsp3) is 0.357. The zero-order valence-electron chi connectivity index (χ0n) is 11.3. The Morgan fingerprint density at radius 3 is 2.90 bits per heavy atom. The van der Waals surface area contributed by atoms with E-state index in [2.05, 4.69) is 74.1 Å². The lowest BCUT2D eigenvalue weighted by Gasteiger charge is -2.20. The van der Waals surface area contributed by atoms with E-state index < -0.39 is 0 Å². The maximum Gasteiger partial charge on any atom is 0.0837 e. The molecule has 1 atom stereocenters. The Hall–Kier alpha value is -0.110. The molecule has 1 aromatic heterocycles. The number of nitrogens with zero attached hydrogens (tertiary/aromatic N) is 2. The second-order valence-corrected chi connectivity index (χ2v) is 7.00. The average Bonchev–Trinajstić information content (AvgIpc) is 2.77. The summed E-state index contributed by atoms with van der Waals surface area (Å²) < 4.78 is 4.24. The van der Waals surface area contributed by atoms with Gasteiger partial charge in [-0.1, -0.05) is 34.5 Å². The number of halogens is 3. The van der Waals surface area contributed by atoms with Crippen LogP contribution in [-0.4, -0.2) is 16.8 Å². The third-order valence-corrected chi connectivity index (χ3v) is 4.78. The lowest BCUT2D eigenvalue weighted by atomic mass is 10.0. The van der Waals surface area contributed by atoms with Gasteiger partial charge in [0.05, 0.1) is 23.0 Å². The van der Waals surface area contributed by atoms with E-state index in [4.69, 9.17) is 11.6 Å². The lowest BCUT2D eigenvalue weighted by molar-refractivity contribution is 0.534. The van der Waals surface area contributed by atoms with Crippen molar-refractivity contribution in [1.29, 1.82) is 0 Å². The highest BCUT2D eigenvalue weighted by atomic mass is 127. The molecule has 0 aliphatic rings. The Morgan fingerprint density at radius 1 is 1.50 bits per heavy atom. The first kappa shape index (κ1) is 16.3. The predicted octanol–water partition coefficient (Wildman–Crippen LogP) is 4.62. The normalized spacial score (nSPS) is 12.7. The summed E-state index contributed by atoms with van der Waals surface area (Å²) in [5, 5.41) is 8.43. The van der Waals surface area contributed by atoms with E-state index in [-0.39, 0.29) is 6.04 Å². The molecule has 0 aliphatic carbocycles. The van der Waals surface area contributed by atoms with E-state index in [9.17, 15) is 0 Å². The molecule has 1 heterocycles. The van der Waals surface area contributed by atoms with Crippen LogP contribution in [-0.2, 0) is 6.54 Å². The highest BCUT2D eigenvalue weighted by Gasteiger charge is 2.22. The maximum atomic E-state index is 6.36. The molecular weight excluding hydrogens is 452 g/mol. The number of aryl methyl sites for hydroxylation is 1. The number of aromatic nitrogens is 2. The van der Waals surface area contributed by atoms with E-state index in [1.165, 1.54) is 9.13 Å². The van der Waals surface area contributed by atoms with Gasteiger partial charge in [0.25, 0.3) is 0 Å². The van der Waals surface area contributed by atoms with Crippen LogP contribution in [0.15, 0.2) is 28.9 Å². The standard InChI is InChI=1S/C14H16BrClIN3/c1-3-6-20-14(12(16)8-19-20)13(18-2)10-7-9(17)4-5-11(10)15/h4-5,7-8,13,18H,3,6H2,1-2H3. The average molecular weight is 469 g/mol. The fourth-order valence-electron chi connectivity index (χ4n) is 2.22. The third kappa shape index (κ3) is 3.37. The number of nitrogens with one attached hydrogen (secondary N) is 1. The molecule has 1 N–H and O–H groups in total. The molecule has 0 radical (unpaired) electrons. The van der Waals surface area contributed by atoms with Crippen LogP contribution in [0.3, 0.4) is 0 Å². The van der Waals surface area contributed by atoms with Crippen LogP contribution < -0.4 is 5.32 Å². The summed E-state index contributed by atoms with van der Waals surface area (Å²) in [6.07, 6.45) is 2.74. The summed E-state index contributed by atoms with van der Waals surface area (Å²) in [4.78, 5) is 0. The first-order chi connectivity index (χ1) is 9.58. The van der Waals surface area contributed by atoms with Gasteiger partial charge < -0.3 is 5.32 Å². The Morgan fingerprint density at radius 2 is 2.25 bits per heavy atom. The highest BCUT2D eigenvalue weighted by Crippen LogP contribution is 2.33. The zero-order valence-corrected chi connectivity index (χ0v) is 15.8. The minimum Gasteiger partial charge on any atom is -0.308 e. The Bertz CT molecular complexity index is 600. The van der Waals surface area contributed by atoms with Crippen LogP contribution in [0, 0.1) is 3.57 Å². The van der Waals surface area contributed by atoms with Crippen molar-refractivity contribution in [3.8, 4) is 0 Å². The minimum absolute atomic E-state index is 0.0145. The number of benzene rings is 1. The molecule has 2 aromatic rings. The zero-order chi connectivity index (χ0) is 14.7. The van der Waals surface area contributed by atoms with Gasteiger partial charge in [0.1, 0.15) is 0 Å². The summed E-state index contributed by atoms with van der Waals surface area (Å²) >= 11 is 12.3. The Balaban J connectivity index is 2.52. The van der Waals surface area contributed by atoms with Crippen LogP contribution in [0.4, 0.5) is 0 Å². The van der Waals surface area contributed by atoms with Crippen molar-refractivity contribution in [3.05, 3.63) is 48.7 Å². The molecular formula is C14H16BrClIN3. The molecule has 108 valence electrons. The van der Waals surface area contributed by atoms with Gasteiger partial charge in [0, 0.05) is 14.6 Å². The van der Waals surface area contributed by atoms with Crippen LogP contribution in [0.2, 0.25) is 5.02 Å². The van der Waals surface area contributed by atoms with E-state index in [1.54, 1.807) is 6.20 Å². The van der Waals surface area contributed by atoms with Gasteiger partial charge in [-0.3, -0.25) is 4.68 Å². The first-order valence-electron chi connectivity index (χ1n) is 6.41. The number of hydrogen-bond acceptors (Lipinski definition) is 2. The topological polar surface area (TPSA) is 29.9 Å². The van der Waals surface area contributed by atoms with Crippen molar-refractivity contribution >= 4 is 50.1 Å². The molecule has 2 rings (SSSR count). The maximum absolute atomic E-state index is 6.36. The van der Waals surface area contributed by atoms with E-state index in [0.29, 0.717) is 5.02 Å². The first-order valence-corrected chi connectivity index (χ1v) is 8.66. The molecule has 0 aliphatic heterocycles. The summed E-state index contributed by atoms with van der Waals surface area (Å²) in [5.74, 6) is 0. The summed E-state index contributed by atoms with van der Waals surface area (Å²) in [7, 11) is 1.94. The largest absolute Gasteiger partial charge is 0.308 e. The smallest absolute Gasteiger partial charge is 0.0837 e. The molecule has 0 amide bonds. The van der Waals surface area contributed by atoms with Crippen LogP contribution >= 0.6 is 50.1 Å². The molecule has 3 nitrogen and oxygen atoms in total. The van der Waals surface area contributed by atoms with E-state index in [0.717, 1.165) is 23.1 Å². The summed E-state index contributed by atoms with van der Waals surface area (Å²) in [6.45, 7) is 3.00. The van der Waals surface area contributed by atoms with Crippen LogP contribution in [0.5, 0.6) is 0 Å². The molecule has 20 heavy (non-hydrogen) atoms. The number of hydrogen-bond donors (Lipinski definition) is 1. The highest BCUT2D eigenvalue weighted by molar-refractivity contribution is 14.1.